The second kappa shape index (κ2) is 9.05. The number of ether oxygens (including phenoxy) is 1. The molecule has 0 radical (unpaired) electrons. The minimum Gasteiger partial charge on any atom is -0.496 e. The van der Waals surface area contributed by atoms with E-state index in [1.165, 1.54) is 5.56 Å². The molecule has 3 aromatic carbocycles. The number of furan rings is 1. The molecule has 0 atom stereocenters. The van der Waals surface area contributed by atoms with Crippen molar-refractivity contribution in [1.82, 2.24) is 0 Å². The molecule has 4 aromatic rings. The van der Waals surface area contributed by atoms with E-state index in [0.717, 1.165) is 49.0 Å². The maximum absolute atomic E-state index is 12.6. The number of hydrogen-bond acceptors (Lipinski definition) is 3. The normalized spacial score (nSPS) is 11.6. The van der Waals surface area contributed by atoms with Crippen molar-refractivity contribution in [1.29, 1.82) is 0 Å². The van der Waals surface area contributed by atoms with E-state index in [1.54, 1.807) is 19.4 Å². The minimum atomic E-state index is -0.199. The molecule has 1 heterocycles. The van der Waals surface area contributed by atoms with Crippen molar-refractivity contribution in [3.8, 4) is 16.9 Å². The van der Waals surface area contributed by atoms with Crippen LogP contribution in [0.5, 0.6) is 5.75 Å². The fourth-order valence-corrected chi connectivity index (χ4v) is 4.08. The van der Waals surface area contributed by atoms with Gasteiger partial charge >= 0.3 is 0 Å². The van der Waals surface area contributed by atoms with Gasteiger partial charge in [-0.1, -0.05) is 45.8 Å². The van der Waals surface area contributed by atoms with Gasteiger partial charge in [-0.05, 0) is 62.2 Å². The lowest BCUT2D eigenvalue weighted by molar-refractivity contribution is -0.111. The van der Waals surface area contributed by atoms with Crippen LogP contribution in [-0.4, -0.2) is 13.0 Å². The summed E-state index contributed by atoms with van der Waals surface area (Å²) in [6.45, 7) is 5.95. The molecule has 0 aliphatic carbocycles. The molecule has 5 heteroatoms. The van der Waals surface area contributed by atoms with Gasteiger partial charge in [-0.2, -0.15) is 0 Å². The van der Waals surface area contributed by atoms with Crippen molar-refractivity contribution >= 4 is 44.1 Å². The van der Waals surface area contributed by atoms with Crippen LogP contribution in [0.15, 0.2) is 75.8 Å². The summed E-state index contributed by atoms with van der Waals surface area (Å²) >= 11 is 3.40. The van der Waals surface area contributed by atoms with Gasteiger partial charge in [-0.25, -0.2) is 0 Å². The first-order chi connectivity index (χ1) is 15.4. The molecule has 1 amide bonds. The maximum Gasteiger partial charge on any atom is 0.248 e. The molecule has 0 unspecified atom stereocenters. The number of nitrogens with one attached hydrogen (secondary N) is 1. The van der Waals surface area contributed by atoms with Crippen molar-refractivity contribution in [2.75, 3.05) is 12.4 Å². The molecule has 0 spiro atoms. The van der Waals surface area contributed by atoms with Gasteiger partial charge in [0, 0.05) is 38.3 Å². The Labute approximate surface area is 196 Å². The monoisotopic (exact) mass is 489 g/mol. The smallest absolute Gasteiger partial charge is 0.248 e. The van der Waals surface area contributed by atoms with Crippen molar-refractivity contribution in [3.05, 3.63) is 88.1 Å². The largest absolute Gasteiger partial charge is 0.496 e. The second-order valence-corrected chi connectivity index (χ2v) is 8.71. The summed E-state index contributed by atoms with van der Waals surface area (Å²) in [6, 6.07) is 17.9. The molecule has 0 saturated carbocycles. The lowest BCUT2D eigenvalue weighted by atomic mass is 9.96. The van der Waals surface area contributed by atoms with Crippen LogP contribution in [0.4, 0.5) is 5.69 Å². The number of fused-ring (bicyclic) bond motifs is 1. The molecule has 0 aliphatic heterocycles. The maximum atomic E-state index is 12.6. The molecule has 0 fully saturated rings. The Balaban J connectivity index is 1.75. The number of carbonyl (C=O) groups excluding carboxylic acids is 1. The average molecular weight is 490 g/mol. The van der Waals surface area contributed by atoms with Gasteiger partial charge in [0.25, 0.3) is 0 Å². The zero-order valence-corrected chi connectivity index (χ0v) is 20.0. The number of rotatable bonds is 5. The fourth-order valence-electron chi connectivity index (χ4n) is 3.81. The highest BCUT2D eigenvalue weighted by Crippen LogP contribution is 2.40. The van der Waals surface area contributed by atoms with Crippen LogP contribution in [-0.2, 0) is 4.79 Å². The zero-order valence-electron chi connectivity index (χ0n) is 18.5. The number of halogens is 1. The van der Waals surface area contributed by atoms with E-state index < -0.39 is 0 Å². The average Bonchev–Trinajstić information content (AvgIpc) is 3.20. The number of carbonyl (C=O) groups is 1. The number of methoxy groups -OCH3 is 1. The summed E-state index contributed by atoms with van der Waals surface area (Å²) in [5.74, 6) is 0.503. The van der Waals surface area contributed by atoms with E-state index in [4.69, 9.17) is 9.15 Å². The summed E-state index contributed by atoms with van der Waals surface area (Å²) in [4.78, 5) is 12.6. The predicted molar refractivity (Wildman–Crippen MR) is 134 cm³/mol. The topological polar surface area (TPSA) is 51.5 Å². The summed E-state index contributed by atoms with van der Waals surface area (Å²) in [7, 11) is 1.64. The van der Waals surface area contributed by atoms with Gasteiger partial charge in [0.15, 0.2) is 0 Å². The van der Waals surface area contributed by atoms with E-state index in [1.807, 2.05) is 44.2 Å². The van der Waals surface area contributed by atoms with Gasteiger partial charge in [-0.3, -0.25) is 4.79 Å². The Morgan fingerprint density at radius 3 is 2.41 bits per heavy atom. The lowest BCUT2D eigenvalue weighted by Gasteiger charge is -2.13. The second-order valence-electron chi connectivity index (χ2n) is 7.80. The van der Waals surface area contributed by atoms with Gasteiger partial charge < -0.3 is 14.5 Å². The number of anilines is 1. The molecule has 4 rings (SSSR count). The Morgan fingerprint density at radius 2 is 1.75 bits per heavy atom. The number of amides is 1. The third-order valence-corrected chi connectivity index (χ3v) is 6.02. The van der Waals surface area contributed by atoms with Crippen molar-refractivity contribution in [2.45, 2.75) is 20.8 Å². The number of hydrogen-bond donors (Lipinski definition) is 1. The van der Waals surface area contributed by atoms with Gasteiger partial charge in [0.1, 0.15) is 11.3 Å². The lowest BCUT2D eigenvalue weighted by Crippen LogP contribution is -2.08. The predicted octanol–water partition coefficient (Wildman–Crippen LogP) is 7.53. The SMILES string of the molecule is COc1c(/C(C)=C/C(=O)Nc2ccc(Br)cc2)cc2c(-c3ccc(C)cc3)coc2c1C. The number of allylic oxidation sites excluding steroid dienone is 1. The van der Waals surface area contributed by atoms with Crippen molar-refractivity contribution < 1.29 is 13.9 Å². The Kier molecular flexibility index (Phi) is 6.19. The highest BCUT2D eigenvalue weighted by atomic mass is 79.9. The molecule has 1 aromatic heterocycles. The van der Waals surface area contributed by atoms with E-state index in [0.29, 0.717) is 5.75 Å². The molecule has 0 bridgehead atoms. The first-order valence-electron chi connectivity index (χ1n) is 10.3. The third-order valence-electron chi connectivity index (χ3n) is 5.49. The molecular weight excluding hydrogens is 466 g/mol. The van der Waals surface area contributed by atoms with Crippen LogP contribution >= 0.6 is 15.9 Å². The van der Waals surface area contributed by atoms with Crippen molar-refractivity contribution in [3.63, 3.8) is 0 Å². The molecule has 32 heavy (non-hydrogen) atoms. The third kappa shape index (κ3) is 4.34. The molecule has 0 aliphatic rings. The van der Waals surface area contributed by atoms with E-state index >= 15 is 0 Å². The summed E-state index contributed by atoms with van der Waals surface area (Å²) in [6.07, 6.45) is 3.38. The van der Waals surface area contributed by atoms with Crippen LogP contribution in [0.3, 0.4) is 0 Å². The van der Waals surface area contributed by atoms with Gasteiger partial charge in [0.2, 0.25) is 5.91 Å². The van der Waals surface area contributed by atoms with Crippen molar-refractivity contribution in [2.24, 2.45) is 0 Å². The molecule has 1 N–H and O–H groups in total. The summed E-state index contributed by atoms with van der Waals surface area (Å²) < 4.78 is 12.6. The highest BCUT2D eigenvalue weighted by molar-refractivity contribution is 9.10. The first-order valence-corrected chi connectivity index (χ1v) is 11.1. The standard InChI is InChI=1S/C27H24BrNO3/c1-16-5-7-19(8-6-16)24-15-32-27-18(3)26(31-4)22(14-23(24)27)17(2)13-25(30)29-21-11-9-20(28)10-12-21/h5-15H,1-4H3,(H,29,30)/b17-13+. The Bertz CT molecular complexity index is 1320. The Hall–Kier alpha value is -3.31. The van der Waals surface area contributed by atoms with E-state index in [-0.39, 0.29) is 5.91 Å². The summed E-state index contributed by atoms with van der Waals surface area (Å²) in [5.41, 5.74) is 7.38. The first kappa shape index (κ1) is 21.9. The van der Waals surface area contributed by atoms with Gasteiger partial charge in [-0.15, -0.1) is 0 Å². The Morgan fingerprint density at radius 1 is 1.06 bits per heavy atom. The molecule has 4 nitrogen and oxygen atoms in total. The van der Waals surface area contributed by atoms with E-state index in [9.17, 15) is 4.79 Å². The number of benzene rings is 3. The molecular formula is C27H24BrNO3. The van der Waals surface area contributed by atoms with Gasteiger partial charge in [0.05, 0.1) is 13.4 Å². The van der Waals surface area contributed by atoms with Crippen LogP contribution in [0, 0.1) is 13.8 Å². The quantitative estimate of drug-likeness (QED) is 0.294. The minimum absolute atomic E-state index is 0.199. The van der Waals surface area contributed by atoms with Crippen LogP contribution < -0.4 is 10.1 Å². The number of aryl methyl sites for hydroxylation is 2. The van der Waals surface area contributed by atoms with Crippen LogP contribution in [0.25, 0.3) is 27.7 Å². The molecule has 162 valence electrons. The zero-order chi connectivity index (χ0) is 22.8. The van der Waals surface area contributed by atoms with Crippen LogP contribution in [0.2, 0.25) is 0 Å². The van der Waals surface area contributed by atoms with E-state index in [2.05, 4.69) is 52.4 Å². The highest BCUT2D eigenvalue weighted by Gasteiger charge is 2.18. The molecule has 0 saturated heterocycles. The fraction of sp³-hybridized carbons (Fsp3) is 0.148. The van der Waals surface area contributed by atoms with Crippen LogP contribution in [0.1, 0.15) is 23.6 Å². The summed E-state index contributed by atoms with van der Waals surface area (Å²) in [5, 5.41) is 3.89.